The smallest absolute Gasteiger partial charge is 0.260 e. The number of hydrogen-bond acceptors (Lipinski definition) is 9. The van der Waals surface area contributed by atoms with Crippen molar-refractivity contribution in [3.05, 3.63) is 36.7 Å². The minimum absolute atomic E-state index is 0.0309. The topological polar surface area (TPSA) is 106 Å². The number of fused-ring (bicyclic) bond motifs is 3. The second-order valence-corrected chi connectivity index (χ2v) is 11.2. The molecule has 3 aromatic rings. The molecular weight excluding hydrogens is 475 g/mol. The maximum absolute atomic E-state index is 15.8. The summed E-state index contributed by atoms with van der Waals surface area (Å²) in [4.78, 5) is 10.9. The van der Waals surface area contributed by atoms with Gasteiger partial charge in [0, 0.05) is 28.9 Å². The lowest BCUT2D eigenvalue weighted by Gasteiger charge is -2.48. The van der Waals surface area contributed by atoms with Crippen LogP contribution in [0.15, 0.2) is 36.7 Å². The second-order valence-electron chi connectivity index (χ2n) is 11.2. The molecule has 192 valence electrons. The van der Waals surface area contributed by atoms with Crippen LogP contribution in [-0.4, -0.2) is 61.4 Å². The first-order chi connectivity index (χ1) is 17.8. The van der Waals surface area contributed by atoms with E-state index in [1.54, 1.807) is 24.5 Å². The molecule has 4 aliphatic rings. The van der Waals surface area contributed by atoms with Crippen molar-refractivity contribution in [3.63, 3.8) is 0 Å². The van der Waals surface area contributed by atoms with Gasteiger partial charge in [0.15, 0.2) is 17.4 Å². The molecule has 5 heterocycles. The first-order valence-electron chi connectivity index (χ1n) is 12.8. The second kappa shape index (κ2) is 7.98. The van der Waals surface area contributed by atoms with Crippen molar-refractivity contribution in [2.75, 3.05) is 11.7 Å². The third-order valence-electron chi connectivity index (χ3n) is 8.30. The summed E-state index contributed by atoms with van der Waals surface area (Å²) >= 11 is 0. The zero-order valence-electron chi connectivity index (χ0n) is 20.8. The minimum Gasteiger partial charge on any atom is -0.507 e. The van der Waals surface area contributed by atoms with Crippen molar-refractivity contribution in [1.82, 2.24) is 25.5 Å². The molecule has 1 aliphatic carbocycles. The van der Waals surface area contributed by atoms with Gasteiger partial charge < -0.3 is 24.8 Å². The van der Waals surface area contributed by atoms with Gasteiger partial charge in [-0.05, 0) is 69.7 Å². The number of phenols is 1. The van der Waals surface area contributed by atoms with Gasteiger partial charge in [-0.3, -0.25) is 0 Å². The summed E-state index contributed by atoms with van der Waals surface area (Å²) in [6.07, 6.45) is 6.90. The molecule has 10 heteroatoms. The van der Waals surface area contributed by atoms with Crippen molar-refractivity contribution < 1.29 is 19.0 Å². The Morgan fingerprint density at radius 2 is 1.92 bits per heavy atom. The number of anilines is 1. The van der Waals surface area contributed by atoms with Crippen LogP contribution < -0.4 is 19.7 Å². The van der Waals surface area contributed by atoms with Crippen LogP contribution in [0.25, 0.3) is 22.5 Å². The molecule has 2 bridgehead atoms. The Bertz CT molecular complexity index is 1370. The summed E-state index contributed by atoms with van der Waals surface area (Å²) in [5, 5.41) is 23.2. The SMILES string of the molecule is C[C@@]12CC[C@@](C)(N1)[C@@H](F)[C@@H](N(c1cnc(-c3ccc(-c4cnc5c(c4)OCO5)cc3O)nn1)C1CC1)C2. The molecule has 2 saturated heterocycles. The highest BCUT2D eigenvalue weighted by atomic mass is 19.1. The highest BCUT2D eigenvalue weighted by Crippen LogP contribution is 2.48. The number of benzene rings is 1. The van der Waals surface area contributed by atoms with Crippen LogP contribution in [-0.2, 0) is 0 Å². The van der Waals surface area contributed by atoms with Gasteiger partial charge in [-0.1, -0.05) is 6.07 Å². The van der Waals surface area contributed by atoms with Crippen molar-refractivity contribution in [2.24, 2.45) is 0 Å². The first-order valence-corrected chi connectivity index (χ1v) is 12.8. The summed E-state index contributed by atoms with van der Waals surface area (Å²) < 4.78 is 26.5. The molecule has 3 fully saturated rings. The first kappa shape index (κ1) is 22.7. The van der Waals surface area contributed by atoms with Crippen molar-refractivity contribution in [2.45, 2.75) is 75.3 Å². The van der Waals surface area contributed by atoms with Crippen LogP contribution in [0.3, 0.4) is 0 Å². The monoisotopic (exact) mass is 504 g/mol. The van der Waals surface area contributed by atoms with Gasteiger partial charge in [-0.15, -0.1) is 10.2 Å². The van der Waals surface area contributed by atoms with E-state index in [9.17, 15) is 5.11 Å². The number of nitrogens with zero attached hydrogens (tertiary/aromatic N) is 5. The standard InChI is InChI=1S/C27H29FN6O3/c1-26-7-8-27(2,33-26)23(28)19(11-26)34(17-4-5-17)22-13-29-24(32-31-22)18-6-3-15(9-20(18)35)16-10-21-25(30-12-16)37-14-36-21/h3,6,9-10,12-13,17,19,23,33,35H,4-5,7-8,11,14H2,1-2H3/t19-,23-,26-,27+/m0/s1. The molecule has 0 spiro atoms. The number of pyridine rings is 1. The van der Waals surface area contributed by atoms with Crippen LogP contribution in [0.5, 0.6) is 17.4 Å². The lowest BCUT2D eigenvalue weighted by Crippen LogP contribution is -2.66. The fourth-order valence-corrected chi connectivity index (χ4v) is 6.28. The van der Waals surface area contributed by atoms with Gasteiger partial charge in [0.1, 0.15) is 11.9 Å². The summed E-state index contributed by atoms with van der Waals surface area (Å²) in [7, 11) is 0. The molecule has 2 aromatic heterocycles. The Kier molecular flexibility index (Phi) is 4.89. The lowest BCUT2D eigenvalue weighted by molar-refractivity contribution is 0.0831. The molecule has 0 unspecified atom stereocenters. The van der Waals surface area contributed by atoms with Gasteiger partial charge >= 0.3 is 0 Å². The summed E-state index contributed by atoms with van der Waals surface area (Å²) in [5.41, 5.74) is 1.44. The quantitative estimate of drug-likeness (QED) is 0.533. The molecule has 3 aliphatic heterocycles. The molecule has 0 amide bonds. The van der Waals surface area contributed by atoms with Gasteiger partial charge in [0.05, 0.1) is 17.8 Å². The fourth-order valence-electron chi connectivity index (χ4n) is 6.28. The Hall–Kier alpha value is -3.53. The third kappa shape index (κ3) is 3.77. The van der Waals surface area contributed by atoms with E-state index in [0.29, 0.717) is 28.8 Å². The van der Waals surface area contributed by atoms with Crippen LogP contribution in [0.1, 0.15) is 46.0 Å². The van der Waals surface area contributed by atoms with E-state index in [2.05, 4.69) is 37.3 Å². The van der Waals surface area contributed by atoms with Crippen LogP contribution in [0, 0.1) is 0 Å². The zero-order chi connectivity index (χ0) is 25.4. The lowest BCUT2D eigenvalue weighted by atomic mass is 9.82. The zero-order valence-corrected chi connectivity index (χ0v) is 20.8. The third-order valence-corrected chi connectivity index (χ3v) is 8.30. The van der Waals surface area contributed by atoms with Gasteiger partial charge in [0.25, 0.3) is 5.88 Å². The molecule has 1 aromatic carbocycles. The van der Waals surface area contributed by atoms with Crippen molar-refractivity contribution >= 4 is 5.82 Å². The highest BCUT2D eigenvalue weighted by molar-refractivity contribution is 5.73. The fraction of sp³-hybridized carbons (Fsp3) is 0.481. The van der Waals surface area contributed by atoms with E-state index in [4.69, 9.17) is 9.47 Å². The number of piperidine rings is 1. The van der Waals surface area contributed by atoms with Crippen molar-refractivity contribution in [1.29, 1.82) is 0 Å². The van der Waals surface area contributed by atoms with Gasteiger partial charge in [-0.2, -0.15) is 0 Å². The maximum Gasteiger partial charge on any atom is 0.260 e. The summed E-state index contributed by atoms with van der Waals surface area (Å²) in [6.45, 7) is 4.34. The van der Waals surface area contributed by atoms with Crippen LogP contribution in [0.2, 0.25) is 0 Å². The van der Waals surface area contributed by atoms with E-state index in [-0.39, 0.29) is 30.2 Å². The Morgan fingerprint density at radius 1 is 1.05 bits per heavy atom. The van der Waals surface area contributed by atoms with E-state index in [1.807, 2.05) is 19.1 Å². The molecule has 9 nitrogen and oxygen atoms in total. The number of aromatic hydroxyl groups is 1. The number of nitrogens with one attached hydrogen (secondary N) is 1. The minimum atomic E-state index is -1.01. The maximum atomic E-state index is 15.8. The number of rotatable bonds is 5. The number of ether oxygens (including phenoxy) is 2. The van der Waals surface area contributed by atoms with Crippen LogP contribution in [0.4, 0.5) is 10.2 Å². The molecular formula is C27H29FN6O3. The Morgan fingerprint density at radius 3 is 2.68 bits per heavy atom. The highest BCUT2D eigenvalue weighted by Gasteiger charge is 2.58. The average Bonchev–Trinajstić information content (AvgIpc) is 3.53. The van der Waals surface area contributed by atoms with Gasteiger partial charge in [0.2, 0.25) is 6.79 Å². The van der Waals surface area contributed by atoms with E-state index in [0.717, 1.165) is 43.2 Å². The Balaban J connectivity index is 1.16. The number of halogens is 1. The van der Waals surface area contributed by atoms with Crippen molar-refractivity contribution in [3.8, 4) is 39.9 Å². The molecule has 4 atom stereocenters. The summed E-state index contributed by atoms with van der Waals surface area (Å²) in [6, 6.07) is 7.09. The number of phenolic OH excluding ortho intramolecular Hbond substituents is 1. The summed E-state index contributed by atoms with van der Waals surface area (Å²) in [5.74, 6) is 1.97. The molecule has 0 radical (unpaired) electrons. The van der Waals surface area contributed by atoms with E-state index >= 15 is 4.39 Å². The van der Waals surface area contributed by atoms with Crippen LogP contribution >= 0.6 is 0 Å². The van der Waals surface area contributed by atoms with E-state index in [1.165, 1.54) is 0 Å². The Labute approximate surface area is 214 Å². The molecule has 37 heavy (non-hydrogen) atoms. The molecule has 2 N–H and O–H groups in total. The normalized spacial score (nSPS) is 29.9. The number of aromatic nitrogens is 4. The number of alkyl halides is 1. The predicted octanol–water partition coefficient (Wildman–Crippen LogP) is 4.01. The average molecular weight is 505 g/mol. The largest absolute Gasteiger partial charge is 0.507 e. The molecule has 1 saturated carbocycles. The molecule has 7 rings (SSSR count). The number of hydrogen-bond donors (Lipinski definition) is 2. The van der Waals surface area contributed by atoms with Gasteiger partial charge in [-0.25, -0.2) is 14.4 Å². The predicted molar refractivity (Wildman–Crippen MR) is 134 cm³/mol. The van der Waals surface area contributed by atoms with E-state index < -0.39 is 11.7 Å².